The van der Waals surface area contributed by atoms with Crippen molar-refractivity contribution in [1.82, 2.24) is 14.3 Å². The Morgan fingerprint density at radius 2 is 1.87 bits per heavy atom. The first-order valence-electron chi connectivity index (χ1n) is 9.39. The van der Waals surface area contributed by atoms with Gasteiger partial charge < -0.3 is 13.9 Å². The molecule has 0 saturated carbocycles. The van der Waals surface area contributed by atoms with Gasteiger partial charge in [-0.15, -0.1) is 0 Å². The molecule has 7 nitrogen and oxygen atoms in total. The van der Waals surface area contributed by atoms with Gasteiger partial charge in [0.15, 0.2) is 5.82 Å². The lowest BCUT2D eigenvalue weighted by Gasteiger charge is -2.16. The molecular weight excluding hydrogens is 419 g/mol. The molecule has 2 heterocycles. The van der Waals surface area contributed by atoms with Crippen molar-refractivity contribution in [1.29, 1.82) is 0 Å². The predicted molar refractivity (Wildman–Crippen MR) is 121 cm³/mol. The summed E-state index contributed by atoms with van der Waals surface area (Å²) in [4.78, 5) is 12.8. The Labute approximate surface area is 181 Å². The maximum absolute atomic E-state index is 14.5. The molecular formula is C22H21FN4O3S. The zero-order valence-electron chi connectivity index (χ0n) is 17.5. The number of benzene rings is 2. The average Bonchev–Trinajstić information content (AvgIpc) is 3.17. The molecule has 0 aliphatic carbocycles. The molecule has 4 rings (SSSR count). The number of hydrogen-bond acceptors (Lipinski definition) is 5. The van der Waals surface area contributed by atoms with Gasteiger partial charge in [-0.1, -0.05) is 6.07 Å². The molecule has 0 aliphatic heterocycles. The molecule has 0 radical (unpaired) electrons. The minimum Gasteiger partial charge on any atom is -0.593 e. The summed E-state index contributed by atoms with van der Waals surface area (Å²) in [6, 6.07) is 8.36. The number of nitrogens with one attached hydrogen (secondary N) is 1. The lowest BCUT2D eigenvalue weighted by molar-refractivity contribution is 0.413. The summed E-state index contributed by atoms with van der Waals surface area (Å²) in [5.74, 6) is -0.280. The van der Waals surface area contributed by atoms with Crippen molar-refractivity contribution in [3.63, 3.8) is 0 Å². The molecule has 0 spiro atoms. The molecule has 160 valence electrons. The second-order valence-electron chi connectivity index (χ2n) is 7.21. The molecule has 0 fully saturated rings. The lowest BCUT2D eigenvalue weighted by Crippen LogP contribution is -2.17. The van der Waals surface area contributed by atoms with Gasteiger partial charge in [0, 0.05) is 54.6 Å². The SMILES string of the molecule is COc1cc(F)c(N[S+](C)[O-])cc1-c1cn(C)c(=O)c2ccc(-c3cnn(C)c3)cc12. The molecule has 4 aromatic rings. The summed E-state index contributed by atoms with van der Waals surface area (Å²) < 4.78 is 37.4. The van der Waals surface area contributed by atoms with Crippen LogP contribution in [-0.2, 0) is 25.5 Å². The average molecular weight is 441 g/mol. The van der Waals surface area contributed by atoms with Crippen molar-refractivity contribution >= 4 is 27.8 Å². The maximum Gasteiger partial charge on any atom is 0.258 e. The monoisotopic (exact) mass is 440 g/mol. The number of halogens is 1. The second-order valence-corrected chi connectivity index (χ2v) is 8.32. The number of ether oxygens (including phenoxy) is 1. The van der Waals surface area contributed by atoms with Crippen LogP contribution in [0.1, 0.15) is 0 Å². The third-order valence-electron chi connectivity index (χ3n) is 5.05. The highest BCUT2D eigenvalue weighted by molar-refractivity contribution is 7.92. The number of aromatic nitrogens is 3. The third-order valence-corrected chi connectivity index (χ3v) is 5.56. The predicted octanol–water partition coefficient (Wildman–Crippen LogP) is 3.46. The Balaban J connectivity index is 2.03. The van der Waals surface area contributed by atoms with E-state index in [2.05, 4.69) is 9.82 Å². The van der Waals surface area contributed by atoms with E-state index in [-0.39, 0.29) is 11.2 Å². The molecule has 2 aromatic heterocycles. The highest BCUT2D eigenvalue weighted by atomic mass is 32.2. The minimum absolute atomic E-state index is 0.0852. The fourth-order valence-electron chi connectivity index (χ4n) is 3.60. The van der Waals surface area contributed by atoms with Gasteiger partial charge in [-0.25, -0.2) is 9.11 Å². The quantitative estimate of drug-likeness (QED) is 0.481. The van der Waals surface area contributed by atoms with Crippen molar-refractivity contribution in [2.24, 2.45) is 14.1 Å². The summed E-state index contributed by atoms with van der Waals surface area (Å²) in [5, 5.41) is 5.43. The Hall–Kier alpha value is -3.30. The van der Waals surface area contributed by atoms with Crippen molar-refractivity contribution < 1.29 is 13.7 Å². The van der Waals surface area contributed by atoms with E-state index in [9.17, 15) is 13.7 Å². The first kappa shape index (κ1) is 21.0. The number of rotatable bonds is 5. The highest BCUT2D eigenvalue weighted by Gasteiger charge is 2.18. The fourth-order valence-corrected chi connectivity index (χ4v) is 4.06. The summed E-state index contributed by atoms with van der Waals surface area (Å²) >= 11 is -1.46. The van der Waals surface area contributed by atoms with Crippen LogP contribution in [0.4, 0.5) is 10.1 Å². The summed E-state index contributed by atoms with van der Waals surface area (Å²) in [6.45, 7) is 0. The van der Waals surface area contributed by atoms with Gasteiger partial charge in [0.05, 0.1) is 24.7 Å². The fraction of sp³-hybridized carbons (Fsp3) is 0.182. The van der Waals surface area contributed by atoms with Gasteiger partial charge in [0.25, 0.3) is 5.56 Å². The first-order valence-corrected chi connectivity index (χ1v) is 10.9. The van der Waals surface area contributed by atoms with Crippen LogP contribution in [0.2, 0.25) is 0 Å². The van der Waals surface area contributed by atoms with Gasteiger partial charge in [-0.3, -0.25) is 9.48 Å². The second kappa shape index (κ2) is 8.09. The Morgan fingerprint density at radius 3 is 2.52 bits per heavy atom. The lowest BCUT2D eigenvalue weighted by atomic mass is 9.96. The van der Waals surface area contributed by atoms with Gasteiger partial charge in [0.1, 0.15) is 17.7 Å². The molecule has 2 aromatic carbocycles. The van der Waals surface area contributed by atoms with Crippen LogP contribution in [0.15, 0.2) is 53.7 Å². The van der Waals surface area contributed by atoms with E-state index < -0.39 is 17.2 Å². The zero-order chi connectivity index (χ0) is 22.3. The maximum atomic E-state index is 14.5. The van der Waals surface area contributed by atoms with Gasteiger partial charge in [-0.05, 0) is 29.1 Å². The highest BCUT2D eigenvalue weighted by Crippen LogP contribution is 2.38. The first-order chi connectivity index (χ1) is 14.8. The largest absolute Gasteiger partial charge is 0.593 e. The standard InChI is InChI=1S/C22H21FN4O3S/c1-26-12-18(17-8-20(25-31(4)29)19(23)9-21(17)30-3)16-7-13(5-6-15(16)22(26)28)14-10-24-27(2)11-14/h5-12,25H,1-4H3. The number of hydrogen-bond donors (Lipinski definition) is 1. The van der Waals surface area contributed by atoms with Crippen LogP contribution in [0.5, 0.6) is 5.75 Å². The van der Waals surface area contributed by atoms with E-state index >= 15 is 0 Å². The van der Waals surface area contributed by atoms with Crippen LogP contribution in [-0.4, -0.2) is 32.3 Å². The summed E-state index contributed by atoms with van der Waals surface area (Å²) in [6.07, 6.45) is 6.75. The molecule has 0 bridgehead atoms. The molecule has 9 heteroatoms. The van der Waals surface area contributed by atoms with Crippen molar-refractivity contribution in [2.45, 2.75) is 0 Å². The molecule has 0 aliphatic rings. The van der Waals surface area contributed by atoms with Crippen molar-refractivity contribution in [3.05, 3.63) is 65.1 Å². The summed E-state index contributed by atoms with van der Waals surface area (Å²) in [5.41, 5.74) is 2.99. The molecule has 0 saturated heterocycles. The number of nitrogens with zero attached hydrogens (tertiary/aromatic N) is 3. The van der Waals surface area contributed by atoms with E-state index in [1.54, 1.807) is 36.3 Å². The normalized spacial score (nSPS) is 12.2. The molecule has 31 heavy (non-hydrogen) atoms. The minimum atomic E-state index is -1.46. The Morgan fingerprint density at radius 1 is 1.10 bits per heavy atom. The van der Waals surface area contributed by atoms with Crippen LogP contribution in [0, 0.1) is 5.82 Å². The Bertz CT molecular complexity index is 1350. The number of aryl methyl sites for hydroxylation is 2. The van der Waals surface area contributed by atoms with Crippen LogP contribution >= 0.6 is 0 Å². The molecule has 0 amide bonds. The third kappa shape index (κ3) is 3.89. The van der Waals surface area contributed by atoms with Gasteiger partial charge >= 0.3 is 0 Å². The van der Waals surface area contributed by atoms with Crippen LogP contribution in [0.25, 0.3) is 33.0 Å². The van der Waals surface area contributed by atoms with Gasteiger partial charge in [0.2, 0.25) is 0 Å². The van der Waals surface area contributed by atoms with E-state index in [1.165, 1.54) is 24.0 Å². The van der Waals surface area contributed by atoms with E-state index in [4.69, 9.17) is 4.74 Å². The molecule has 1 N–H and O–H groups in total. The zero-order valence-corrected chi connectivity index (χ0v) is 18.3. The van der Waals surface area contributed by atoms with E-state index in [0.29, 0.717) is 27.6 Å². The molecule has 1 atom stereocenters. The number of fused-ring (bicyclic) bond motifs is 1. The number of anilines is 1. The topological polar surface area (TPSA) is 84.1 Å². The van der Waals surface area contributed by atoms with E-state index in [0.717, 1.165) is 11.1 Å². The molecule has 1 unspecified atom stereocenters. The Kier molecular flexibility index (Phi) is 5.47. The van der Waals surface area contributed by atoms with Crippen LogP contribution < -0.4 is 15.0 Å². The van der Waals surface area contributed by atoms with Crippen molar-refractivity contribution in [2.75, 3.05) is 18.1 Å². The van der Waals surface area contributed by atoms with Crippen molar-refractivity contribution in [3.8, 4) is 28.0 Å². The van der Waals surface area contributed by atoms with Gasteiger partial charge in [-0.2, -0.15) is 5.10 Å². The van der Waals surface area contributed by atoms with E-state index in [1.807, 2.05) is 25.4 Å². The smallest absolute Gasteiger partial charge is 0.258 e. The number of pyridine rings is 1. The van der Waals surface area contributed by atoms with Crippen LogP contribution in [0.3, 0.4) is 0 Å². The summed E-state index contributed by atoms with van der Waals surface area (Å²) in [7, 11) is 4.95. The number of methoxy groups -OCH3 is 1.